The predicted octanol–water partition coefficient (Wildman–Crippen LogP) is 2.48. The summed E-state index contributed by atoms with van der Waals surface area (Å²) in [5.41, 5.74) is 2.14. The fourth-order valence-corrected chi connectivity index (χ4v) is 3.55. The monoisotopic (exact) mass is 410 g/mol. The molecule has 3 aromatic rings. The zero-order valence-electron chi connectivity index (χ0n) is 14.9. The number of benzene rings is 2. The average molecular weight is 410 g/mol. The first-order valence-electron chi connectivity index (χ1n) is 8.53. The van der Waals surface area contributed by atoms with E-state index in [0.29, 0.717) is 22.4 Å². The maximum absolute atomic E-state index is 12.6. The van der Waals surface area contributed by atoms with Crippen LogP contribution in [0.4, 0.5) is 10.5 Å². The molecular weight excluding hydrogens is 396 g/mol. The second kappa shape index (κ2) is 7.76. The van der Waals surface area contributed by atoms with Crippen LogP contribution in [-0.2, 0) is 11.3 Å². The summed E-state index contributed by atoms with van der Waals surface area (Å²) in [6, 6.07) is 13.5. The van der Waals surface area contributed by atoms with E-state index in [2.05, 4.69) is 20.0 Å². The van der Waals surface area contributed by atoms with Crippen molar-refractivity contribution in [3.63, 3.8) is 0 Å². The maximum atomic E-state index is 12.6. The Morgan fingerprint density at radius 3 is 2.72 bits per heavy atom. The zero-order valence-corrected chi connectivity index (χ0v) is 15.7. The van der Waals surface area contributed by atoms with Gasteiger partial charge in [-0.25, -0.2) is 4.79 Å². The van der Waals surface area contributed by atoms with Gasteiger partial charge in [0.2, 0.25) is 5.91 Å². The van der Waals surface area contributed by atoms with Gasteiger partial charge in [0.15, 0.2) is 5.82 Å². The molecule has 0 spiro atoms. The van der Waals surface area contributed by atoms with Crippen molar-refractivity contribution in [3.8, 4) is 11.4 Å². The van der Waals surface area contributed by atoms with E-state index in [1.165, 1.54) is 4.90 Å². The summed E-state index contributed by atoms with van der Waals surface area (Å²) in [7, 11) is 0. The number of nitrogens with one attached hydrogen (secondary N) is 2. The van der Waals surface area contributed by atoms with Crippen LogP contribution in [0, 0.1) is 0 Å². The number of thioether (sulfide) groups is 1. The Bertz CT molecular complexity index is 1150. The molecule has 2 heterocycles. The molecule has 2 N–H and O–H groups in total. The van der Waals surface area contributed by atoms with Crippen LogP contribution in [-0.4, -0.2) is 37.8 Å². The Morgan fingerprint density at radius 1 is 1.17 bits per heavy atom. The number of imide groups is 1. The summed E-state index contributed by atoms with van der Waals surface area (Å²) in [5, 5.41) is 6.11. The maximum Gasteiger partial charge on any atom is 0.439 e. The van der Waals surface area contributed by atoms with Gasteiger partial charge >= 0.3 is 5.76 Å². The molecule has 1 aliphatic heterocycles. The van der Waals surface area contributed by atoms with Crippen molar-refractivity contribution in [2.45, 2.75) is 6.54 Å². The van der Waals surface area contributed by atoms with Gasteiger partial charge in [0.05, 0.1) is 12.3 Å². The standard InChI is InChI=1S/C19H14N4O5S/c24-15-10-29-19(27)23(15)9-11-3-1-5-13(7-11)17(25)20-14-6-2-4-12(8-14)16-21-18(26)28-22-16/h1-8H,9-10H2,(H,20,25)(H,21,22,26). The summed E-state index contributed by atoms with van der Waals surface area (Å²) >= 11 is 0.970. The van der Waals surface area contributed by atoms with E-state index in [4.69, 9.17) is 0 Å². The normalized spacial score (nSPS) is 13.7. The van der Waals surface area contributed by atoms with Gasteiger partial charge in [-0.15, -0.1) is 0 Å². The van der Waals surface area contributed by atoms with E-state index < -0.39 is 5.76 Å². The molecule has 29 heavy (non-hydrogen) atoms. The number of H-pyrrole nitrogens is 1. The van der Waals surface area contributed by atoms with Crippen molar-refractivity contribution in [1.29, 1.82) is 0 Å². The van der Waals surface area contributed by atoms with E-state index >= 15 is 0 Å². The lowest BCUT2D eigenvalue weighted by molar-refractivity contribution is -0.125. The van der Waals surface area contributed by atoms with Crippen molar-refractivity contribution in [2.75, 3.05) is 11.1 Å². The number of hydrogen-bond donors (Lipinski definition) is 2. The molecule has 0 radical (unpaired) electrons. The minimum atomic E-state index is -0.667. The lowest BCUT2D eigenvalue weighted by atomic mass is 10.1. The Balaban J connectivity index is 1.50. The molecule has 3 amide bonds. The smallest absolute Gasteiger partial charge is 0.322 e. The fourth-order valence-electron chi connectivity index (χ4n) is 2.83. The predicted molar refractivity (Wildman–Crippen MR) is 105 cm³/mol. The third-order valence-corrected chi connectivity index (χ3v) is 5.06. The first kappa shape index (κ1) is 18.7. The summed E-state index contributed by atoms with van der Waals surface area (Å²) in [6.45, 7) is 0.126. The van der Waals surface area contributed by atoms with Gasteiger partial charge < -0.3 is 5.32 Å². The number of anilines is 1. The first-order valence-corrected chi connectivity index (χ1v) is 9.52. The van der Waals surface area contributed by atoms with Gasteiger partial charge in [0, 0.05) is 16.8 Å². The van der Waals surface area contributed by atoms with Crippen LogP contribution in [0.15, 0.2) is 57.8 Å². The Kier molecular flexibility index (Phi) is 5.00. The van der Waals surface area contributed by atoms with Gasteiger partial charge in [-0.1, -0.05) is 41.2 Å². The molecule has 146 valence electrons. The highest BCUT2D eigenvalue weighted by molar-refractivity contribution is 8.14. The molecule has 4 rings (SSSR count). The lowest BCUT2D eigenvalue weighted by Gasteiger charge is -2.13. The molecule has 1 aromatic heterocycles. The third-order valence-electron chi connectivity index (χ3n) is 4.20. The summed E-state index contributed by atoms with van der Waals surface area (Å²) in [5.74, 6) is -0.860. The molecule has 0 saturated carbocycles. The second-order valence-corrected chi connectivity index (χ2v) is 7.14. The molecule has 2 aromatic carbocycles. The Labute approximate surface area is 168 Å². The van der Waals surface area contributed by atoms with Crippen LogP contribution in [0.5, 0.6) is 0 Å². The van der Waals surface area contributed by atoms with Crippen LogP contribution in [0.1, 0.15) is 15.9 Å². The highest BCUT2D eigenvalue weighted by Gasteiger charge is 2.29. The van der Waals surface area contributed by atoms with E-state index in [9.17, 15) is 19.2 Å². The minimum Gasteiger partial charge on any atom is -0.322 e. The fraction of sp³-hybridized carbons (Fsp3) is 0.105. The van der Waals surface area contributed by atoms with Crippen LogP contribution in [0.3, 0.4) is 0 Å². The van der Waals surface area contributed by atoms with Gasteiger partial charge in [-0.3, -0.25) is 28.8 Å². The quantitative estimate of drug-likeness (QED) is 0.662. The molecule has 1 fully saturated rings. The summed E-state index contributed by atoms with van der Waals surface area (Å²) in [6.07, 6.45) is 0. The number of aromatic amines is 1. The Morgan fingerprint density at radius 2 is 2.00 bits per heavy atom. The molecule has 0 aliphatic carbocycles. The SMILES string of the molecule is O=C(Nc1cccc(-c2noc(=O)[nH]2)c1)c1cccc(CN2C(=O)CSC2=O)c1. The Hall–Kier alpha value is -3.66. The molecule has 10 heteroatoms. The first-order chi connectivity index (χ1) is 14.0. The number of rotatable bonds is 5. The van der Waals surface area contributed by atoms with E-state index in [0.717, 1.165) is 11.8 Å². The minimum absolute atomic E-state index is 0.126. The van der Waals surface area contributed by atoms with Crippen molar-refractivity contribution in [2.24, 2.45) is 0 Å². The van der Waals surface area contributed by atoms with Gasteiger partial charge in [-0.2, -0.15) is 0 Å². The molecular formula is C19H14N4O5S. The second-order valence-electron chi connectivity index (χ2n) is 6.21. The summed E-state index contributed by atoms with van der Waals surface area (Å²) in [4.78, 5) is 50.9. The van der Waals surface area contributed by atoms with Crippen LogP contribution in [0.25, 0.3) is 11.4 Å². The van der Waals surface area contributed by atoms with Crippen LogP contribution in [0.2, 0.25) is 0 Å². The van der Waals surface area contributed by atoms with Crippen molar-refractivity contribution in [3.05, 3.63) is 70.2 Å². The van der Waals surface area contributed by atoms with Crippen molar-refractivity contribution < 1.29 is 18.9 Å². The number of carbonyl (C=O) groups is 3. The highest BCUT2D eigenvalue weighted by atomic mass is 32.2. The lowest BCUT2D eigenvalue weighted by Crippen LogP contribution is -2.28. The zero-order chi connectivity index (χ0) is 20.4. The van der Waals surface area contributed by atoms with Crippen molar-refractivity contribution >= 4 is 34.5 Å². The number of hydrogen-bond acceptors (Lipinski definition) is 7. The van der Waals surface area contributed by atoms with Gasteiger partial charge in [-0.05, 0) is 29.8 Å². The van der Waals surface area contributed by atoms with Gasteiger partial charge in [0.1, 0.15) is 0 Å². The highest BCUT2D eigenvalue weighted by Crippen LogP contribution is 2.22. The molecule has 1 aliphatic rings. The molecule has 0 bridgehead atoms. The average Bonchev–Trinajstić information content (AvgIpc) is 3.29. The van der Waals surface area contributed by atoms with E-state index in [-0.39, 0.29) is 35.2 Å². The third kappa shape index (κ3) is 4.11. The molecule has 1 saturated heterocycles. The number of aromatic nitrogens is 2. The number of nitrogens with zero attached hydrogens (tertiary/aromatic N) is 2. The summed E-state index contributed by atoms with van der Waals surface area (Å²) < 4.78 is 4.49. The molecule has 0 atom stereocenters. The van der Waals surface area contributed by atoms with Crippen LogP contribution >= 0.6 is 11.8 Å². The van der Waals surface area contributed by atoms with Crippen molar-refractivity contribution in [1.82, 2.24) is 15.0 Å². The molecule has 9 nitrogen and oxygen atoms in total. The largest absolute Gasteiger partial charge is 0.439 e. The van der Waals surface area contributed by atoms with Gasteiger partial charge in [0.25, 0.3) is 11.1 Å². The van der Waals surface area contributed by atoms with Crippen LogP contribution < -0.4 is 11.1 Å². The molecule has 0 unspecified atom stereocenters. The van der Waals surface area contributed by atoms with E-state index in [1.54, 1.807) is 48.5 Å². The topological polar surface area (TPSA) is 125 Å². The number of carbonyl (C=O) groups excluding carboxylic acids is 3. The van der Waals surface area contributed by atoms with E-state index in [1.807, 2.05) is 0 Å². The number of amides is 3.